The van der Waals surface area contributed by atoms with Crippen LogP contribution in [-0.2, 0) is 13.1 Å². The van der Waals surface area contributed by atoms with Crippen molar-refractivity contribution in [3.05, 3.63) is 46.0 Å². The van der Waals surface area contributed by atoms with Gasteiger partial charge in [-0.05, 0) is 55.4 Å². The van der Waals surface area contributed by atoms with Crippen LogP contribution in [-0.4, -0.2) is 59.9 Å². The monoisotopic (exact) mass is 373 g/mol. The molecule has 2 aromatic rings. The van der Waals surface area contributed by atoms with Crippen LogP contribution >= 0.6 is 11.3 Å². The number of nitrogens with zero attached hydrogens (tertiary/aromatic N) is 3. The minimum Gasteiger partial charge on any atom is -0.472 e. The van der Waals surface area contributed by atoms with E-state index in [1.54, 1.807) is 18.6 Å². The fourth-order valence-electron chi connectivity index (χ4n) is 3.91. The quantitative estimate of drug-likeness (QED) is 0.806. The van der Waals surface area contributed by atoms with Crippen molar-refractivity contribution in [3.63, 3.8) is 0 Å². The topological polar surface area (TPSA) is 39.9 Å². The second-order valence-corrected chi connectivity index (χ2v) is 8.33. The minimum atomic E-state index is 0.0876. The van der Waals surface area contributed by atoms with Crippen LogP contribution < -0.4 is 0 Å². The third-order valence-corrected chi connectivity index (χ3v) is 6.31. The van der Waals surface area contributed by atoms with Crippen LogP contribution in [0.1, 0.15) is 40.1 Å². The average molecular weight is 374 g/mol. The molecule has 0 bridgehead atoms. The lowest BCUT2D eigenvalue weighted by molar-refractivity contribution is 0.0760. The van der Waals surface area contributed by atoms with E-state index in [0.29, 0.717) is 5.56 Å². The number of carbonyl (C=O) groups is 1. The van der Waals surface area contributed by atoms with E-state index in [0.717, 1.165) is 45.7 Å². The number of hydrogen-bond acceptors (Lipinski definition) is 5. The Morgan fingerprint density at radius 3 is 2.62 bits per heavy atom. The summed E-state index contributed by atoms with van der Waals surface area (Å²) in [5.41, 5.74) is 2.11. The molecule has 140 valence electrons. The third kappa shape index (κ3) is 4.37. The molecule has 1 amide bonds. The van der Waals surface area contributed by atoms with E-state index in [1.807, 2.05) is 16.2 Å². The molecule has 0 N–H and O–H groups in total. The largest absolute Gasteiger partial charge is 0.472 e. The van der Waals surface area contributed by atoms with Crippen molar-refractivity contribution in [2.45, 2.75) is 32.4 Å². The molecule has 26 heavy (non-hydrogen) atoms. The zero-order valence-corrected chi connectivity index (χ0v) is 16.0. The summed E-state index contributed by atoms with van der Waals surface area (Å²) < 4.78 is 5.05. The lowest BCUT2D eigenvalue weighted by atomic mass is 10.2. The van der Waals surface area contributed by atoms with E-state index in [4.69, 9.17) is 4.42 Å². The zero-order chi connectivity index (χ0) is 17.8. The molecule has 0 radical (unpaired) electrons. The smallest absolute Gasteiger partial charge is 0.257 e. The summed E-state index contributed by atoms with van der Waals surface area (Å²) in [4.78, 5) is 20.9. The predicted octanol–water partition coefficient (Wildman–Crippen LogP) is 3.29. The maximum absolute atomic E-state index is 12.5. The Morgan fingerprint density at radius 1 is 1.00 bits per heavy atom. The SMILES string of the molecule is O=C(c1ccoc1)N1CCCN(Cc2cc(CN3CCCC3)cs2)CC1. The molecule has 0 aliphatic carbocycles. The Bertz CT molecular complexity index is 706. The van der Waals surface area contributed by atoms with E-state index >= 15 is 0 Å². The van der Waals surface area contributed by atoms with Crippen LogP contribution in [0.25, 0.3) is 0 Å². The molecule has 2 aliphatic heterocycles. The Hall–Kier alpha value is -1.63. The van der Waals surface area contributed by atoms with Crippen LogP contribution in [0.5, 0.6) is 0 Å². The maximum atomic E-state index is 12.5. The van der Waals surface area contributed by atoms with Gasteiger partial charge in [-0.2, -0.15) is 0 Å². The van der Waals surface area contributed by atoms with Gasteiger partial charge in [0.05, 0.1) is 11.8 Å². The minimum absolute atomic E-state index is 0.0876. The Morgan fingerprint density at radius 2 is 1.81 bits per heavy atom. The summed E-state index contributed by atoms with van der Waals surface area (Å²) in [6, 6.07) is 4.13. The van der Waals surface area contributed by atoms with Gasteiger partial charge in [0, 0.05) is 44.1 Å². The summed E-state index contributed by atoms with van der Waals surface area (Å²) in [5.74, 6) is 0.0876. The summed E-state index contributed by atoms with van der Waals surface area (Å²) in [5, 5.41) is 2.32. The van der Waals surface area contributed by atoms with Gasteiger partial charge in [-0.3, -0.25) is 14.6 Å². The predicted molar refractivity (Wildman–Crippen MR) is 103 cm³/mol. The molecule has 0 saturated carbocycles. The first-order valence-electron chi connectivity index (χ1n) is 9.60. The molecule has 0 unspecified atom stereocenters. The number of thiophene rings is 1. The van der Waals surface area contributed by atoms with Crippen LogP contribution in [0.15, 0.2) is 34.5 Å². The van der Waals surface area contributed by atoms with Crippen molar-refractivity contribution in [1.82, 2.24) is 14.7 Å². The van der Waals surface area contributed by atoms with Gasteiger partial charge in [0.2, 0.25) is 0 Å². The lowest BCUT2D eigenvalue weighted by Gasteiger charge is -2.21. The van der Waals surface area contributed by atoms with Crippen LogP contribution in [0, 0.1) is 0 Å². The number of rotatable bonds is 5. The maximum Gasteiger partial charge on any atom is 0.257 e. The molecule has 0 atom stereocenters. The van der Waals surface area contributed by atoms with Crippen molar-refractivity contribution in [2.24, 2.45) is 0 Å². The number of carbonyl (C=O) groups excluding carboxylic acids is 1. The normalized spacial score (nSPS) is 19.8. The first-order chi connectivity index (χ1) is 12.8. The van der Waals surface area contributed by atoms with Gasteiger partial charge in [-0.25, -0.2) is 0 Å². The van der Waals surface area contributed by atoms with E-state index in [1.165, 1.54) is 36.4 Å². The number of amides is 1. The second-order valence-electron chi connectivity index (χ2n) is 7.34. The van der Waals surface area contributed by atoms with Crippen molar-refractivity contribution in [2.75, 3.05) is 39.3 Å². The van der Waals surface area contributed by atoms with Gasteiger partial charge in [0.25, 0.3) is 5.91 Å². The van der Waals surface area contributed by atoms with Crippen LogP contribution in [0.2, 0.25) is 0 Å². The molecule has 2 saturated heterocycles. The standard InChI is InChI=1S/C20H27N3O2S/c24-20(18-4-11-25-15-18)23-8-3-7-22(9-10-23)14-19-12-17(16-26-19)13-21-5-1-2-6-21/h4,11-12,15-16H,1-3,5-10,13-14H2. The lowest BCUT2D eigenvalue weighted by Crippen LogP contribution is -2.34. The highest BCUT2D eigenvalue weighted by Crippen LogP contribution is 2.21. The Labute approximate surface area is 159 Å². The highest BCUT2D eigenvalue weighted by Gasteiger charge is 2.21. The molecule has 6 heteroatoms. The fourth-order valence-corrected chi connectivity index (χ4v) is 4.83. The third-order valence-electron chi connectivity index (χ3n) is 5.34. The molecular weight excluding hydrogens is 346 g/mol. The van der Waals surface area contributed by atoms with Crippen molar-refractivity contribution in [3.8, 4) is 0 Å². The Balaban J connectivity index is 1.29. The van der Waals surface area contributed by atoms with Gasteiger partial charge in [-0.1, -0.05) is 0 Å². The summed E-state index contributed by atoms with van der Waals surface area (Å²) >= 11 is 1.88. The van der Waals surface area contributed by atoms with Gasteiger partial charge in [0.15, 0.2) is 0 Å². The van der Waals surface area contributed by atoms with Gasteiger partial charge < -0.3 is 9.32 Å². The number of hydrogen-bond donors (Lipinski definition) is 0. The van der Waals surface area contributed by atoms with Gasteiger partial charge >= 0.3 is 0 Å². The Kier molecular flexibility index (Phi) is 5.72. The van der Waals surface area contributed by atoms with E-state index < -0.39 is 0 Å². The zero-order valence-electron chi connectivity index (χ0n) is 15.2. The van der Waals surface area contributed by atoms with Crippen LogP contribution in [0.3, 0.4) is 0 Å². The number of likely N-dealkylation sites (tertiary alicyclic amines) is 1. The molecule has 0 aromatic carbocycles. The average Bonchev–Trinajstić information content (AvgIpc) is 3.38. The second kappa shape index (κ2) is 8.37. The first kappa shape index (κ1) is 17.8. The van der Waals surface area contributed by atoms with Gasteiger partial charge in [-0.15, -0.1) is 11.3 Å². The molecule has 5 nitrogen and oxygen atoms in total. The summed E-state index contributed by atoms with van der Waals surface area (Å²) in [6.07, 6.45) is 6.82. The summed E-state index contributed by atoms with van der Waals surface area (Å²) in [7, 11) is 0. The van der Waals surface area contributed by atoms with Crippen molar-refractivity contribution in [1.29, 1.82) is 0 Å². The molecule has 4 rings (SSSR count). The van der Waals surface area contributed by atoms with E-state index in [9.17, 15) is 4.79 Å². The molecule has 2 fully saturated rings. The van der Waals surface area contributed by atoms with E-state index in [2.05, 4.69) is 21.2 Å². The van der Waals surface area contributed by atoms with Gasteiger partial charge in [0.1, 0.15) is 6.26 Å². The molecule has 2 aliphatic rings. The highest BCUT2D eigenvalue weighted by molar-refractivity contribution is 7.10. The molecule has 2 aromatic heterocycles. The molecule has 0 spiro atoms. The van der Waals surface area contributed by atoms with Crippen molar-refractivity contribution >= 4 is 17.2 Å². The number of furan rings is 1. The molecular formula is C20H27N3O2S. The first-order valence-corrected chi connectivity index (χ1v) is 10.5. The van der Waals surface area contributed by atoms with E-state index in [-0.39, 0.29) is 5.91 Å². The fraction of sp³-hybridized carbons (Fsp3) is 0.550. The highest BCUT2D eigenvalue weighted by atomic mass is 32.1. The summed E-state index contributed by atoms with van der Waals surface area (Å²) in [6.45, 7) is 8.19. The van der Waals surface area contributed by atoms with Crippen LogP contribution in [0.4, 0.5) is 0 Å². The molecule has 4 heterocycles. The van der Waals surface area contributed by atoms with Crippen molar-refractivity contribution < 1.29 is 9.21 Å².